The molecule has 2 aromatic rings. The molecule has 1 aliphatic heterocycles. The lowest BCUT2D eigenvalue weighted by Gasteiger charge is -2.36. The number of nitriles is 1. The van der Waals surface area contributed by atoms with E-state index in [-0.39, 0.29) is 18.1 Å². The number of nitrogens with zero attached hydrogens (tertiary/aromatic N) is 4. The Labute approximate surface area is 168 Å². The first-order valence-corrected chi connectivity index (χ1v) is 9.95. The minimum Gasteiger partial charge on any atom is -0.502 e. The second-order valence-electron chi connectivity index (χ2n) is 7.55. The first-order chi connectivity index (χ1) is 14.1. The van der Waals surface area contributed by atoms with Crippen LogP contribution in [-0.2, 0) is 26.0 Å². The van der Waals surface area contributed by atoms with Gasteiger partial charge in [0.1, 0.15) is 24.3 Å². The summed E-state index contributed by atoms with van der Waals surface area (Å²) in [5.41, 5.74) is 2.38. The van der Waals surface area contributed by atoms with Crippen LogP contribution in [0.5, 0.6) is 5.75 Å². The van der Waals surface area contributed by atoms with Crippen molar-refractivity contribution >= 4 is 5.82 Å². The van der Waals surface area contributed by atoms with Crippen LogP contribution in [0.3, 0.4) is 0 Å². The van der Waals surface area contributed by atoms with Crippen molar-refractivity contribution in [2.45, 2.75) is 38.8 Å². The van der Waals surface area contributed by atoms with Crippen LogP contribution >= 0.6 is 0 Å². The number of aliphatic hydroxyl groups excluding tert-OH is 1. The van der Waals surface area contributed by atoms with Crippen LogP contribution in [0.4, 0.5) is 5.82 Å². The van der Waals surface area contributed by atoms with Gasteiger partial charge in [-0.05, 0) is 37.3 Å². The number of aryl methyl sites for hydroxylation is 2. The second-order valence-corrected chi connectivity index (χ2v) is 7.55. The van der Waals surface area contributed by atoms with Crippen molar-refractivity contribution in [2.24, 2.45) is 0 Å². The number of anilines is 1. The molecular weight excluding hydrogens is 372 g/mol. The van der Waals surface area contributed by atoms with Crippen molar-refractivity contribution in [3.8, 4) is 11.8 Å². The van der Waals surface area contributed by atoms with Crippen molar-refractivity contribution in [2.75, 3.05) is 31.1 Å². The maximum Gasteiger partial charge on any atom is 0.227 e. The molecule has 0 spiro atoms. The van der Waals surface area contributed by atoms with Crippen LogP contribution in [-0.4, -0.2) is 46.3 Å². The van der Waals surface area contributed by atoms with Crippen LogP contribution in [0.1, 0.15) is 41.2 Å². The van der Waals surface area contributed by atoms with Crippen molar-refractivity contribution in [1.29, 1.82) is 5.26 Å². The Morgan fingerprint density at radius 1 is 1.17 bits per heavy atom. The third kappa shape index (κ3) is 3.97. The summed E-state index contributed by atoms with van der Waals surface area (Å²) in [4.78, 5) is 20.8. The fraction of sp³-hybridized carbons (Fsp3) is 0.476. The quantitative estimate of drug-likeness (QED) is 0.795. The zero-order valence-corrected chi connectivity index (χ0v) is 16.2. The first-order valence-electron chi connectivity index (χ1n) is 9.95. The van der Waals surface area contributed by atoms with Crippen LogP contribution in [0.2, 0.25) is 0 Å². The van der Waals surface area contributed by atoms with E-state index in [9.17, 15) is 20.3 Å². The van der Waals surface area contributed by atoms with Gasteiger partial charge in [-0.15, -0.1) is 0 Å². The Balaban J connectivity index is 1.47. The van der Waals surface area contributed by atoms with E-state index in [0.717, 1.165) is 43.3 Å². The standard InChI is InChI=1S/C21H24N4O4/c22-11-15-9-14-3-1-2-4-17(14)23-21(15)25-7-5-24(6-8-25)12-19-20(28)18(27)10-16(13-26)29-19/h9-10,26,28H,1-8,12-13H2. The topological polar surface area (TPSA) is 114 Å². The van der Waals surface area contributed by atoms with Crippen molar-refractivity contribution in [3.63, 3.8) is 0 Å². The molecule has 0 radical (unpaired) electrons. The molecule has 0 amide bonds. The van der Waals surface area contributed by atoms with E-state index in [1.165, 1.54) is 5.56 Å². The van der Waals surface area contributed by atoms with E-state index in [4.69, 9.17) is 9.40 Å². The number of rotatable bonds is 4. The highest BCUT2D eigenvalue weighted by molar-refractivity contribution is 5.56. The average Bonchev–Trinajstić information content (AvgIpc) is 2.76. The van der Waals surface area contributed by atoms with E-state index in [1.807, 2.05) is 6.07 Å². The van der Waals surface area contributed by atoms with E-state index < -0.39 is 17.8 Å². The fourth-order valence-electron chi connectivity index (χ4n) is 4.04. The Morgan fingerprint density at radius 3 is 2.66 bits per heavy atom. The number of hydrogen-bond acceptors (Lipinski definition) is 8. The highest BCUT2D eigenvalue weighted by atomic mass is 16.4. The molecule has 29 heavy (non-hydrogen) atoms. The lowest BCUT2D eigenvalue weighted by molar-refractivity contribution is 0.199. The molecule has 1 saturated heterocycles. The highest BCUT2D eigenvalue weighted by Gasteiger charge is 2.24. The predicted molar refractivity (Wildman–Crippen MR) is 106 cm³/mol. The fourth-order valence-corrected chi connectivity index (χ4v) is 4.04. The smallest absolute Gasteiger partial charge is 0.227 e. The Hall–Kier alpha value is -2.89. The molecule has 4 rings (SSSR count). The maximum atomic E-state index is 11.8. The molecule has 0 aromatic carbocycles. The SMILES string of the molecule is N#Cc1cc2c(nc1N1CCN(Cc3oc(CO)cc(=O)c3O)CC1)CCCC2. The zero-order valence-electron chi connectivity index (χ0n) is 16.2. The molecular formula is C21H24N4O4. The van der Waals surface area contributed by atoms with Gasteiger partial charge in [0.15, 0.2) is 5.76 Å². The number of fused-ring (bicyclic) bond motifs is 1. The van der Waals surface area contributed by atoms with Crippen LogP contribution < -0.4 is 10.3 Å². The van der Waals surface area contributed by atoms with Crippen molar-refractivity contribution < 1.29 is 14.6 Å². The summed E-state index contributed by atoms with van der Waals surface area (Å²) in [6, 6.07) is 5.39. The Morgan fingerprint density at radius 2 is 1.93 bits per heavy atom. The number of piperazine rings is 1. The summed E-state index contributed by atoms with van der Waals surface area (Å²) >= 11 is 0. The van der Waals surface area contributed by atoms with Crippen LogP contribution in [0.25, 0.3) is 0 Å². The number of aromatic nitrogens is 1. The molecule has 0 saturated carbocycles. The molecule has 152 valence electrons. The maximum absolute atomic E-state index is 11.8. The third-order valence-electron chi connectivity index (χ3n) is 5.64. The molecule has 1 fully saturated rings. The zero-order chi connectivity index (χ0) is 20.4. The third-order valence-corrected chi connectivity index (χ3v) is 5.64. The van der Waals surface area contributed by atoms with Crippen molar-refractivity contribution in [3.05, 3.63) is 50.7 Å². The number of hydrogen-bond donors (Lipinski definition) is 2. The molecule has 2 aromatic heterocycles. The van der Waals surface area contributed by atoms with Crippen molar-refractivity contribution in [1.82, 2.24) is 9.88 Å². The van der Waals surface area contributed by atoms with Crippen LogP contribution in [0, 0.1) is 11.3 Å². The molecule has 0 atom stereocenters. The van der Waals surface area contributed by atoms with Gasteiger partial charge in [-0.1, -0.05) is 0 Å². The van der Waals surface area contributed by atoms with E-state index in [0.29, 0.717) is 31.7 Å². The van der Waals surface area contributed by atoms with Gasteiger partial charge < -0.3 is 19.5 Å². The molecule has 0 bridgehead atoms. The van der Waals surface area contributed by atoms with E-state index >= 15 is 0 Å². The summed E-state index contributed by atoms with van der Waals surface area (Å²) < 4.78 is 5.44. The van der Waals surface area contributed by atoms with Gasteiger partial charge in [-0.25, -0.2) is 4.98 Å². The lowest BCUT2D eigenvalue weighted by atomic mass is 9.95. The van der Waals surface area contributed by atoms with E-state index in [2.05, 4.69) is 15.9 Å². The molecule has 2 aliphatic rings. The average molecular weight is 396 g/mol. The largest absolute Gasteiger partial charge is 0.502 e. The van der Waals surface area contributed by atoms with Crippen LogP contribution in [0.15, 0.2) is 21.3 Å². The number of aromatic hydroxyl groups is 1. The monoisotopic (exact) mass is 396 g/mol. The molecule has 8 heteroatoms. The van der Waals surface area contributed by atoms with Gasteiger partial charge >= 0.3 is 0 Å². The highest BCUT2D eigenvalue weighted by Crippen LogP contribution is 2.27. The molecule has 2 N–H and O–H groups in total. The predicted octanol–water partition coefficient (Wildman–Crippen LogP) is 1.31. The van der Waals surface area contributed by atoms with Gasteiger partial charge in [-0.3, -0.25) is 9.69 Å². The lowest BCUT2D eigenvalue weighted by Crippen LogP contribution is -2.46. The first kappa shape index (κ1) is 19.4. The Kier molecular flexibility index (Phi) is 5.51. The Bertz CT molecular complexity index is 1000. The summed E-state index contributed by atoms with van der Waals surface area (Å²) in [6.45, 7) is 2.62. The minimum atomic E-state index is -0.550. The number of aliphatic hydroxyl groups is 1. The summed E-state index contributed by atoms with van der Waals surface area (Å²) in [5.74, 6) is 0.648. The van der Waals surface area contributed by atoms with Gasteiger partial charge in [0, 0.05) is 37.9 Å². The molecule has 0 unspecified atom stereocenters. The van der Waals surface area contributed by atoms with E-state index in [1.54, 1.807) is 0 Å². The summed E-state index contributed by atoms with van der Waals surface area (Å²) in [6.07, 6.45) is 4.25. The second kappa shape index (κ2) is 8.23. The number of pyridine rings is 1. The van der Waals surface area contributed by atoms with Gasteiger partial charge in [0.2, 0.25) is 11.2 Å². The van der Waals surface area contributed by atoms with Gasteiger partial charge in [0.25, 0.3) is 0 Å². The molecule has 3 heterocycles. The van der Waals surface area contributed by atoms with Gasteiger partial charge in [-0.2, -0.15) is 5.26 Å². The molecule has 8 nitrogen and oxygen atoms in total. The summed E-state index contributed by atoms with van der Waals surface area (Å²) in [7, 11) is 0. The van der Waals surface area contributed by atoms with Gasteiger partial charge in [0.05, 0.1) is 12.1 Å². The molecule has 1 aliphatic carbocycles. The minimum absolute atomic E-state index is 0.137. The summed E-state index contributed by atoms with van der Waals surface area (Å²) in [5, 5.41) is 28.8. The normalized spacial score (nSPS) is 17.0.